The first-order valence-electron chi connectivity index (χ1n) is 9.19. The van der Waals surface area contributed by atoms with Crippen molar-refractivity contribution >= 4 is 17.4 Å². The van der Waals surface area contributed by atoms with Crippen LogP contribution in [0.25, 0.3) is 0 Å². The number of ether oxygens (including phenoxy) is 1. The zero-order valence-electron chi connectivity index (χ0n) is 14.6. The number of hydrogen-bond donors (Lipinski definition) is 1. The number of aromatic amines is 1. The smallest absolute Gasteiger partial charge is 0.0966 e. The molecule has 1 N–H and O–H groups in total. The standard InChI is InChI=1S/C19H26N4OS/c1-2-5-16(6-3-1)23-11-9-22(10-12-23)8-4-14-25-19-17-15-24-13-7-18(17)20-21-19/h1-3,5-6H,4,7-15H2,(H,20,21). The van der Waals surface area contributed by atoms with Crippen molar-refractivity contribution < 1.29 is 4.74 Å². The second-order valence-corrected chi connectivity index (χ2v) is 7.75. The fraction of sp³-hybridized carbons (Fsp3) is 0.526. The third-order valence-electron chi connectivity index (χ3n) is 5.00. The molecule has 25 heavy (non-hydrogen) atoms. The van der Waals surface area contributed by atoms with Gasteiger partial charge in [-0.05, 0) is 25.1 Å². The van der Waals surface area contributed by atoms with E-state index in [1.807, 2.05) is 11.8 Å². The van der Waals surface area contributed by atoms with Gasteiger partial charge in [0.25, 0.3) is 0 Å². The number of nitrogens with zero attached hydrogens (tertiary/aromatic N) is 3. The average Bonchev–Trinajstić information content (AvgIpc) is 3.10. The molecule has 2 aliphatic heterocycles. The highest BCUT2D eigenvalue weighted by atomic mass is 32.2. The van der Waals surface area contributed by atoms with Gasteiger partial charge < -0.3 is 9.64 Å². The summed E-state index contributed by atoms with van der Waals surface area (Å²) in [7, 11) is 0. The second kappa shape index (κ2) is 8.25. The topological polar surface area (TPSA) is 44.4 Å². The molecule has 0 amide bonds. The summed E-state index contributed by atoms with van der Waals surface area (Å²) in [6.45, 7) is 7.28. The molecule has 6 heteroatoms. The summed E-state index contributed by atoms with van der Waals surface area (Å²) in [5, 5.41) is 8.82. The summed E-state index contributed by atoms with van der Waals surface area (Å²) in [6.07, 6.45) is 2.16. The van der Waals surface area contributed by atoms with Gasteiger partial charge in [0, 0.05) is 49.6 Å². The first-order valence-corrected chi connectivity index (χ1v) is 10.2. The maximum absolute atomic E-state index is 5.56. The molecule has 4 rings (SSSR count). The highest BCUT2D eigenvalue weighted by molar-refractivity contribution is 7.99. The van der Waals surface area contributed by atoms with E-state index in [2.05, 4.69) is 50.3 Å². The van der Waals surface area contributed by atoms with Gasteiger partial charge in [0.05, 0.1) is 23.9 Å². The largest absolute Gasteiger partial charge is 0.376 e. The van der Waals surface area contributed by atoms with Crippen LogP contribution in [0.4, 0.5) is 5.69 Å². The zero-order chi connectivity index (χ0) is 16.9. The lowest BCUT2D eigenvalue weighted by molar-refractivity contribution is 0.108. The average molecular weight is 359 g/mol. The minimum Gasteiger partial charge on any atom is -0.376 e. The Morgan fingerprint density at radius 1 is 1.12 bits per heavy atom. The predicted molar refractivity (Wildman–Crippen MR) is 102 cm³/mol. The van der Waals surface area contributed by atoms with Gasteiger partial charge in [0.1, 0.15) is 0 Å². The molecule has 3 heterocycles. The molecule has 2 aliphatic rings. The molecule has 2 aromatic rings. The molecule has 0 radical (unpaired) electrons. The number of hydrogen-bond acceptors (Lipinski definition) is 5. The van der Waals surface area contributed by atoms with Crippen molar-refractivity contribution in [1.82, 2.24) is 15.1 Å². The first kappa shape index (κ1) is 16.9. The summed E-state index contributed by atoms with van der Waals surface area (Å²) >= 11 is 1.89. The maximum atomic E-state index is 5.56. The van der Waals surface area contributed by atoms with E-state index in [-0.39, 0.29) is 0 Å². The quantitative estimate of drug-likeness (QED) is 0.635. The molecular formula is C19H26N4OS. The number of aromatic nitrogens is 2. The van der Waals surface area contributed by atoms with Crippen LogP contribution in [0.3, 0.4) is 0 Å². The van der Waals surface area contributed by atoms with E-state index < -0.39 is 0 Å². The molecule has 0 atom stereocenters. The fourth-order valence-corrected chi connectivity index (χ4v) is 4.47. The van der Waals surface area contributed by atoms with Crippen LogP contribution in [0.5, 0.6) is 0 Å². The van der Waals surface area contributed by atoms with Crippen molar-refractivity contribution in [3.8, 4) is 0 Å². The van der Waals surface area contributed by atoms with Crippen molar-refractivity contribution in [3.63, 3.8) is 0 Å². The third kappa shape index (κ3) is 4.19. The normalized spacial score (nSPS) is 18.3. The minimum atomic E-state index is 0.718. The number of rotatable bonds is 6. The minimum absolute atomic E-state index is 0.718. The Kier molecular flexibility index (Phi) is 5.59. The van der Waals surface area contributed by atoms with Gasteiger partial charge in [-0.15, -0.1) is 11.8 Å². The summed E-state index contributed by atoms with van der Waals surface area (Å²) < 4.78 is 5.56. The van der Waals surface area contributed by atoms with Crippen LogP contribution in [-0.4, -0.2) is 60.2 Å². The lowest BCUT2D eigenvalue weighted by Gasteiger charge is -2.36. The molecule has 1 fully saturated rings. The molecule has 5 nitrogen and oxygen atoms in total. The number of anilines is 1. The summed E-state index contributed by atoms with van der Waals surface area (Å²) in [5.74, 6) is 1.13. The SMILES string of the molecule is c1ccc(N2CCN(CCCSc3[nH]nc4c3COCC4)CC2)cc1. The highest BCUT2D eigenvalue weighted by Crippen LogP contribution is 2.27. The molecule has 0 bridgehead atoms. The number of para-hydroxylation sites is 1. The van der Waals surface area contributed by atoms with Crippen molar-refractivity contribution in [2.45, 2.75) is 24.5 Å². The second-order valence-electron chi connectivity index (χ2n) is 6.65. The Labute approximate surface area is 153 Å². The van der Waals surface area contributed by atoms with Crippen molar-refractivity contribution in [2.75, 3.05) is 50.0 Å². The third-order valence-corrected chi connectivity index (χ3v) is 6.12. The number of thioether (sulfide) groups is 1. The monoisotopic (exact) mass is 358 g/mol. The van der Waals surface area contributed by atoms with Crippen molar-refractivity contribution in [2.24, 2.45) is 0 Å². The van der Waals surface area contributed by atoms with Gasteiger partial charge >= 0.3 is 0 Å². The van der Waals surface area contributed by atoms with Gasteiger partial charge in [-0.1, -0.05) is 18.2 Å². The number of fused-ring (bicyclic) bond motifs is 1. The van der Waals surface area contributed by atoms with Crippen LogP contribution in [0.1, 0.15) is 17.7 Å². The number of piperazine rings is 1. The van der Waals surface area contributed by atoms with Crippen molar-refractivity contribution in [1.29, 1.82) is 0 Å². The lowest BCUT2D eigenvalue weighted by atomic mass is 10.2. The summed E-state index contributed by atoms with van der Waals surface area (Å²) in [5.41, 5.74) is 3.84. The predicted octanol–water partition coefficient (Wildman–Crippen LogP) is 2.79. The number of H-pyrrole nitrogens is 1. The maximum Gasteiger partial charge on any atom is 0.0966 e. The van der Waals surface area contributed by atoms with Gasteiger partial charge in [0.15, 0.2) is 0 Å². The van der Waals surface area contributed by atoms with Gasteiger partial charge in [0.2, 0.25) is 0 Å². The number of benzene rings is 1. The Bertz CT molecular complexity index is 667. The molecule has 1 aromatic carbocycles. The van der Waals surface area contributed by atoms with E-state index in [4.69, 9.17) is 4.74 Å². The zero-order valence-corrected chi connectivity index (χ0v) is 15.4. The van der Waals surface area contributed by atoms with E-state index in [9.17, 15) is 0 Å². The molecule has 0 aliphatic carbocycles. The molecule has 134 valence electrons. The summed E-state index contributed by atoms with van der Waals surface area (Å²) in [6, 6.07) is 10.7. The van der Waals surface area contributed by atoms with Crippen molar-refractivity contribution in [3.05, 3.63) is 41.6 Å². The molecule has 1 aromatic heterocycles. The first-order chi connectivity index (χ1) is 12.4. The van der Waals surface area contributed by atoms with Crippen LogP contribution < -0.4 is 4.90 Å². The van der Waals surface area contributed by atoms with E-state index in [0.717, 1.165) is 51.6 Å². The van der Waals surface area contributed by atoms with Gasteiger partial charge in [-0.25, -0.2) is 0 Å². The van der Waals surface area contributed by atoms with Crippen LogP contribution in [0.2, 0.25) is 0 Å². The molecule has 1 saturated heterocycles. The van der Waals surface area contributed by atoms with Crippen LogP contribution in [0, 0.1) is 0 Å². The molecule has 0 unspecified atom stereocenters. The van der Waals surface area contributed by atoms with Crippen LogP contribution >= 0.6 is 11.8 Å². The van der Waals surface area contributed by atoms with Crippen LogP contribution in [-0.2, 0) is 17.8 Å². The molecular weight excluding hydrogens is 332 g/mol. The molecule has 0 spiro atoms. The lowest BCUT2D eigenvalue weighted by Crippen LogP contribution is -2.46. The Morgan fingerprint density at radius 2 is 1.96 bits per heavy atom. The summed E-state index contributed by atoms with van der Waals surface area (Å²) in [4.78, 5) is 5.08. The van der Waals surface area contributed by atoms with E-state index in [0.29, 0.717) is 0 Å². The number of nitrogens with one attached hydrogen (secondary N) is 1. The highest BCUT2D eigenvalue weighted by Gasteiger charge is 2.18. The Hall–Kier alpha value is -1.50. The van der Waals surface area contributed by atoms with E-state index in [1.165, 1.54) is 34.9 Å². The van der Waals surface area contributed by atoms with E-state index >= 15 is 0 Å². The van der Waals surface area contributed by atoms with E-state index in [1.54, 1.807) is 0 Å². The Morgan fingerprint density at radius 3 is 2.80 bits per heavy atom. The van der Waals surface area contributed by atoms with Crippen LogP contribution in [0.15, 0.2) is 35.4 Å². The molecule has 0 saturated carbocycles. The van der Waals surface area contributed by atoms with Gasteiger partial charge in [-0.3, -0.25) is 10.00 Å². The Balaban J connectivity index is 1.17. The van der Waals surface area contributed by atoms with Gasteiger partial charge in [-0.2, -0.15) is 5.10 Å². The fourth-order valence-electron chi connectivity index (χ4n) is 3.53.